The first-order valence-corrected chi connectivity index (χ1v) is 6.49. The molecule has 2 rings (SSSR count). The van der Waals surface area contributed by atoms with Crippen molar-refractivity contribution in [1.29, 1.82) is 0 Å². The van der Waals surface area contributed by atoms with E-state index >= 15 is 0 Å². The van der Waals surface area contributed by atoms with Crippen molar-refractivity contribution in [3.05, 3.63) is 30.3 Å². The summed E-state index contributed by atoms with van der Waals surface area (Å²) in [6.45, 7) is 2.33. The molecular formula is C13H17N5O2. The Morgan fingerprint density at radius 2 is 2.15 bits per heavy atom. The summed E-state index contributed by atoms with van der Waals surface area (Å²) < 4.78 is 1.61. The predicted molar refractivity (Wildman–Crippen MR) is 73.7 cm³/mol. The van der Waals surface area contributed by atoms with Gasteiger partial charge in [0.25, 0.3) is 0 Å². The Hall–Kier alpha value is -2.44. The number of tetrazole rings is 1. The molecule has 0 fully saturated rings. The van der Waals surface area contributed by atoms with Gasteiger partial charge in [0, 0.05) is 6.54 Å². The number of hydrogen-bond acceptors (Lipinski definition) is 5. The standard InChI is InChI=1S/C13H17N5O2/c1-10(12(19)20)6-5-9-14-13-15-16-17-18(13)11-7-3-2-4-8-11/h2-4,7-8,10H,5-6,9H2,1H3,(H,19,20)(H,14,15,17). The zero-order valence-electron chi connectivity index (χ0n) is 11.2. The van der Waals surface area contributed by atoms with Gasteiger partial charge >= 0.3 is 5.97 Å². The highest BCUT2D eigenvalue weighted by atomic mass is 16.4. The van der Waals surface area contributed by atoms with Crippen molar-refractivity contribution in [3.8, 4) is 5.69 Å². The van der Waals surface area contributed by atoms with Crippen LogP contribution in [0.4, 0.5) is 5.95 Å². The van der Waals surface area contributed by atoms with Crippen molar-refractivity contribution in [2.75, 3.05) is 11.9 Å². The van der Waals surface area contributed by atoms with E-state index in [-0.39, 0.29) is 5.92 Å². The van der Waals surface area contributed by atoms with Gasteiger partial charge in [0.1, 0.15) is 0 Å². The Labute approximate surface area is 116 Å². The summed E-state index contributed by atoms with van der Waals surface area (Å²) in [5.41, 5.74) is 0.874. The predicted octanol–water partition coefficient (Wildman–Crippen LogP) is 1.58. The summed E-state index contributed by atoms with van der Waals surface area (Å²) in [6, 6.07) is 9.57. The van der Waals surface area contributed by atoms with Gasteiger partial charge in [-0.05, 0) is 35.4 Å². The second-order valence-corrected chi connectivity index (χ2v) is 4.56. The molecule has 1 unspecified atom stereocenters. The molecule has 1 atom stereocenters. The van der Waals surface area contributed by atoms with Gasteiger partial charge in [-0.3, -0.25) is 4.79 Å². The van der Waals surface area contributed by atoms with E-state index in [1.807, 2.05) is 30.3 Å². The molecule has 0 bridgehead atoms. The SMILES string of the molecule is CC(CCCNc1nnnn1-c1ccccc1)C(=O)O. The Morgan fingerprint density at radius 1 is 1.40 bits per heavy atom. The van der Waals surface area contributed by atoms with Gasteiger partial charge in [-0.1, -0.05) is 30.2 Å². The zero-order chi connectivity index (χ0) is 14.4. The van der Waals surface area contributed by atoms with Gasteiger partial charge in [0.05, 0.1) is 11.6 Å². The normalized spacial score (nSPS) is 12.1. The Balaban J connectivity index is 1.89. The van der Waals surface area contributed by atoms with E-state index in [9.17, 15) is 4.79 Å². The largest absolute Gasteiger partial charge is 0.481 e. The van der Waals surface area contributed by atoms with Gasteiger partial charge in [-0.15, -0.1) is 0 Å². The summed E-state index contributed by atoms with van der Waals surface area (Å²) in [5.74, 6) is -0.541. The average molecular weight is 275 g/mol. The molecule has 1 heterocycles. The Bertz CT molecular complexity index is 555. The molecule has 7 nitrogen and oxygen atoms in total. The average Bonchev–Trinajstić information content (AvgIpc) is 2.92. The first-order valence-electron chi connectivity index (χ1n) is 6.49. The molecule has 20 heavy (non-hydrogen) atoms. The van der Waals surface area contributed by atoms with Crippen LogP contribution in [0.3, 0.4) is 0 Å². The minimum atomic E-state index is -0.765. The smallest absolute Gasteiger partial charge is 0.306 e. The minimum Gasteiger partial charge on any atom is -0.481 e. The molecule has 106 valence electrons. The van der Waals surface area contributed by atoms with Crippen LogP contribution in [0.2, 0.25) is 0 Å². The number of benzene rings is 1. The van der Waals surface area contributed by atoms with E-state index in [4.69, 9.17) is 5.11 Å². The highest BCUT2D eigenvalue weighted by molar-refractivity contribution is 5.69. The van der Waals surface area contributed by atoms with Crippen LogP contribution in [0, 0.1) is 5.92 Å². The molecule has 7 heteroatoms. The number of aromatic nitrogens is 4. The number of aliphatic carboxylic acids is 1. The molecule has 0 radical (unpaired) electrons. The molecule has 0 aliphatic rings. The van der Waals surface area contributed by atoms with Crippen molar-refractivity contribution < 1.29 is 9.90 Å². The molecule has 2 aromatic rings. The van der Waals surface area contributed by atoms with Crippen molar-refractivity contribution in [3.63, 3.8) is 0 Å². The topological polar surface area (TPSA) is 92.9 Å². The fourth-order valence-corrected chi connectivity index (χ4v) is 1.77. The Morgan fingerprint density at radius 3 is 2.85 bits per heavy atom. The number of carboxylic acids is 1. The number of anilines is 1. The van der Waals surface area contributed by atoms with E-state index in [0.717, 1.165) is 12.1 Å². The van der Waals surface area contributed by atoms with Crippen LogP contribution in [-0.2, 0) is 4.79 Å². The van der Waals surface area contributed by atoms with Crippen LogP contribution in [0.25, 0.3) is 5.69 Å². The molecule has 0 aliphatic carbocycles. The van der Waals surface area contributed by atoms with Crippen molar-refractivity contribution >= 4 is 11.9 Å². The molecule has 0 spiro atoms. The number of carboxylic acid groups (broad SMARTS) is 1. The van der Waals surface area contributed by atoms with Gasteiger partial charge in [0.2, 0.25) is 5.95 Å². The summed E-state index contributed by atoms with van der Waals surface area (Å²) in [5, 5.41) is 23.4. The lowest BCUT2D eigenvalue weighted by Gasteiger charge is -2.08. The van der Waals surface area contributed by atoms with Crippen LogP contribution in [0.15, 0.2) is 30.3 Å². The number of nitrogens with one attached hydrogen (secondary N) is 1. The minimum absolute atomic E-state index is 0.332. The van der Waals surface area contributed by atoms with E-state index in [2.05, 4.69) is 20.8 Å². The van der Waals surface area contributed by atoms with E-state index in [1.165, 1.54) is 0 Å². The maximum atomic E-state index is 10.7. The molecule has 1 aromatic heterocycles. The lowest BCUT2D eigenvalue weighted by atomic mass is 10.1. The number of carbonyl (C=O) groups is 1. The van der Waals surface area contributed by atoms with Gasteiger partial charge in [0.15, 0.2) is 0 Å². The molecule has 0 aliphatic heterocycles. The lowest BCUT2D eigenvalue weighted by Crippen LogP contribution is -2.13. The maximum Gasteiger partial charge on any atom is 0.306 e. The molecular weight excluding hydrogens is 258 g/mol. The first kappa shape index (κ1) is 14.0. The van der Waals surface area contributed by atoms with Gasteiger partial charge in [-0.25, -0.2) is 0 Å². The van der Waals surface area contributed by atoms with E-state index < -0.39 is 5.97 Å². The number of nitrogens with zero attached hydrogens (tertiary/aromatic N) is 4. The highest BCUT2D eigenvalue weighted by Crippen LogP contribution is 2.11. The number of para-hydroxylation sites is 1. The first-order chi connectivity index (χ1) is 9.68. The van der Waals surface area contributed by atoms with Crippen LogP contribution < -0.4 is 5.32 Å². The highest BCUT2D eigenvalue weighted by Gasteiger charge is 2.11. The van der Waals surface area contributed by atoms with Crippen LogP contribution in [-0.4, -0.2) is 37.8 Å². The summed E-state index contributed by atoms with van der Waals surface area (Å²) in [7, 11) is 0. The third kappa shape index (κ3) is 3.53. The van der Waals surface area contributed by atoms with Crippen molar-refractivity contribution in [1.82, 2.24) is 20.2 Å². The molecule has 1 aromatic carbocycles. The summed E-state index contributed by atoms with van der Waals surface area (Å²) in [4.78, 5) is 10.7. The second kappa shape index (κ2) is 6.65. The van der Waals surface area contributed by atoms with E-state index in [1.54, 1.807) is 11.6 Å². The van der Waals surface area contributed by atoms with Crippen molar-refractivity contribution in [2.45, 2.75) is 19.8 Å². The lowest BCUT2D eigenvalue weighted by molar-refractivity contribution is -0.141. The summed E-state index contributed by atoms with van der Waals surface area (Å²) >= 11 is 0. The Kier molecular flexibility index (Phi) is 4.65. The fourth-order valence-electron chi connectivity index (χ4n) is 1.77. The van der Waals surface area contributed by atoms with Gasteiger partial charge < -0.3 is 10.4 Å². The second-order valence-electron chi connectivity index (χ2n) is 4.56. The third-order valence-corrected chi connectivity index (χ3v) is 2.99. The maximum absolute atomic E-state index is 10.7. The van der Waals surface area contributed by atoms with E-state index in [0.29, 0.717) is 18.9 Å². The molecule has 2 N–H and O–H groups in total. The number of hydrogen-bond donors (Lipinski definition) is 2. The van der Waals surface area contributed by atoms with Crippen molar-refractivity contribution in [2.24, 2.45) is 5.92 Å². The monoisotopic (exact) mass is 275 g/mol. The zero-order valence-corrected chi connectivity index (χ0v) is 11.2. The number of rotatable bonds is 7. The fraction of sp³-hybridized carbons (Fsp3) is 0.385. The molecule has 0 saturated heterocycles. The van der Waals surface area contributed by atoms with Crippen LogP contribution in [0.5, 0.6) is 0 Å². The van der Waals surface area contributed by atoms with Crippen LogP contribution >= 0.6 is 0 Å². The molecule has 0 saturated carbocycles. The van der Waals surface area contributed by atoms with Crippen LogP contribution in [0.1, 0.15) is 19.8 Å². The quantitative estimate of drug-likeness (QED) is 0.745. The molecule has 0 amide bonds. The van der Waals surface area contributed by atoms with Gasteiger partial charge in [-0.2, -0.15) is 4.68 Å². The third-order valence-electron chi connectivity index (χ3n) is 2.99. The summed E-state index contributed by atoms with van der Waals surface area (Å²) in [6.07, 6.45) is 1.37.